The molecule has 0 unspecified atom stereocenters. The minimum Gasteiger partial charge on any atom is -0.481 e. The first-order valence-corrected chi connectivity index (χ1v) is 7.66. The summed E-state index contributed by atoms with van der Waals surface area (Å²) in [6.07, 6.45) is 1.41. The van der Waals surface area contributed by atoms with E-state index in [1.165, 1.54) is 34.6 Å². The van der Waals surface area contributed by atoms with Crippen LogP contribution < -0.4 is 0 Å². The maximum absolute atomic E-state index is 12.5. The molecular weight excluding hydrogens is 278 g/mol. The molecule has 5 nitrogen and oxygen atoms in total. The molecule has 0 atom stereocenters. The highest BCUT2D eigenvalue weighted by Gasteiger charge is 2.25. The average Bonchev–Trinajstić information content (AvgIpc) is 2.35. The van der Waals surface area contributed by atoms with E-state index in [-0.39, 0.29) is 23.9 Å². The fourth-order valence-electron chi connectivity index (χ4n) is 1.80. The van der Waals surface area contributed by atoms with Gasteiger partial charge in [0.25, 0.3) is 0 Å². The van der Waals surface area contributed by atoms with E-state index >= 15 is 0 Å². The van der Waals surface area contributed by atoms with Crippen molar-refractivity contribution in [2.24, 2.45) is 0 Å². The first-order chi connectivity index (χ1) is 9.28. The zero-order chi connectivity index (χ0) is 15.3. The van der Waals surface area contributed by atoms with Crippen LogP contribution in [0.5, 0.6) is 0 Å². The first-order valence-electron chi connectivity index (χ1n) is 6.22. The Hall–Kier alpha value is -1.66. The van der Waals surface area contributed by atoms with Crippen LogP contribution in [0.15, 0.2) is 41.8 Å². The van der Waals surface area contributed by atoms with Gasteiger partial charge in [-0.2, -0.15) is 4.31 Å². The van der Waals surface area contributed by atoms with Crippen molar-refractivity contribution < 1.29 is 18.3 Å². The molecule has 0 aromatic heterocycles. The molecule has 110 valence electrons. The van der Waals surface area contributed by atoms with Crippen molar-refractivity contribution >= 4 is 16.0 Å². The maximum atomic E-state index is 12.5. The first kappa shape index (κ1) is 16.4. The summed E-state index contributed by atoms with van der Waals surface area (Å²) in [6.45, 7) is 7.38. The quantitative estimate of drug-likeness (QED) is 0.780. The van der Waals surface area contributed by atoms with E-state index < -0.39 is 16.0 Å². The Bertz CT molecular complexity index is 576. The van der Waals surface area contributed by atoms with Gasteiger partial charge in [0, 0.05) is 12.6 Å². The van der Waals surface area contributed by atoms with Crippen LogP contribution in [0.2, 0.25) is 0 Å². The van der Waals surface area contributed by atoms with Crippen LogP contribution in [0, 0.1) is 0 Å². The van der Waals surface area contributed by atoms with Crippen LogP contribution in [-0.4, -0.2) is 36.4 Å². The predicted molar refractivity (Wildman–Crippen MR) is 77.0 cm³/mol. The third kappa shape index (κ3) is 3.91. The summed E-state index contributed by atoms with van der Waals surface area (Å²) >= 11 is 0. The number of hydrogen-bond acceptors (Lipinski definition) is 3. The topological polar surface area (TPSA) is 74.7 Å². The summed E-state index contributed by atoms with van der Waals surface area (Å²) in [5.41, 5.74) is 0.566. The Balaban J connectivity index is 3.08. The summed E-state index contributed by atoms with van der Waals surface area (Å²) in [5, 5.41) is 8.69. The Morgan fingerprint density at radius 1 is 1.35 bits per heavy atom. The lowest BCUT2D eigenvalue weighted by atomic mass is 10.2. The van der Waals surface area contributed by atoms with Crippen molar-refractivity contribution in [1.29, 1.82) is 0 Å². The molecule has 1 N–H and O–H groups in total. The van der Waals surface area contributed by atoms with Crippen LogP contribution in [0.25, 0.3) is 0 Å². The van der Waals surface area contributed by atoms with Gasteiger partial charge in [-0.25, -0.2) is 8.42 Å². The second kappa shape index (κ2) is 6.67. The number of carboxylic acids is 1. The third-order valence-electron chi connectivity index (χ3n) is 2.77. The number of benzene rings is 1. The highest BCUT2D eigenvalue weighted by atomic mass is 32.2. The lowest BCUT2D eigenvalue weighted by Gasteiger charge is -2.24. The van der Waals surface area contributed by atoms with Crippen LogP contribution in [0.3, 0.4) is 0 Å². The zero-order valence-electron chi connectivity index (χ0n) is 11.6. The lowest BCUT2D eigenvalue weighted by Crippen LogP contribution is -2.36. The zero-order valence-corrected chi connectivity index (χ0v) is 12.4. The fourth-order valence-corrected chi connectivity index (χ4v) is 3.41. The molecule has 1 aromatic carbocycles. The SMILES string of the molecule is C=CCN(C(C)C)S(=O)(=O)c1ccc(CC(=O)O)cc1. The van der Waals surface area contributed by atoms with E-state index in [4.69, 9.17) is 5.11 Å². The predicted octanol–water partition coefficient (Wildman–Crippen LogP) is 1.90. The molecular formula is C14H19NO4S. The van der Waals surface area contributed by atoms with E-state index in [1.807, 2.05) is 0 Å². The molecule has 0 saturated carbocycles. The third-order valence-corrected chi connectivity index (χ3v) is 4.83. The van der Waals surface area contributed by atoms with Crippen LogP contribution >= 0.6 is 0 Å². The van der Waals surface area contributed by atoms with Gasteiger partial charge in [-0.15, -0.1) is 6.58 Å². The Labute approximate surface area is 119 Å². The van der Waals surface area contributed by atoms with E-state index in [9.17, 15) is 13.2 Å². The van der Waals surface area contributed by atoms with Gasteiger partial charge in [0.15, 0.2) is 0 Å². The number of carboxylic acid groups (broad SMARTS) is 1. The van der Waals surface area contributed by atoms with Crippen molar-refractivity contribution in [2.45, 2.75) is 31.2 Å². The fraction of sp³-hybridized carbons (Fsp3) is 0.357. The van der Waals surface area contributed by atoms with Gasteiger partial charge < -0.3 is 5.11 Å². The average molecular weight is 297 g/mol. The molecule has 0 spiro atoms. The second-order valence-corrected chi connectivity index (χ2v) is 6.56. The molecule has 0 heterocycles. The molecule has 0 bridgehead atoms. The number of hydrogen-bond donors (Lipinski definition) is 1. The number of nitrogens with zero attached hydrogens (tertiary/aromatic N) is 1. The van der Waals surface area contributed by atoms with Gasteiger partial charge in [-0.05, 0) is 31.5 Å². The summed E-state index contributed by atoms with van der Waals surface area (Å²) in [7, 11) is -3.59. The Morgan fingerprint density at radius 3 is 2.30 bits per heavy atom. The molecule has 0 aliphatic heterocycles. The van der Waals surface area contributed by atoms with Gasteiger partial charge in [0.05, 0.1) is 11.3 Å². The molecule has 0 fully saturated rings. The second-order valence-electron chi connectivity index (χ2n) is 4.67. The normalized spacial score (nSPS) is 11.8. The highest BCUT2D eigenvalue weighted by molar-refractivity contribution is 7.89. The number of carbonyl (C=O) groups is 1. The Morgan fingerprint density at radius 2 is 1.90 bits per heavy atom. The minimum atomic E-state index is -3.59. The molecule has 0 amide bonds. The van der Waals surface area contributed by atoms with Crippen LogP contribution in [0.1, 0.15) is 19.4 Å². The van der Waals surface area contributed by atoms with E-state index in [0.29, 0.717) is 5.56 Å². The molecule has 20 heavy (non-hydrogen) atoms. The van der Waals surface area contributed by atoms with Crippen molar-refractivity contribution in [1.82, 2.24) is 4.31 Å². The number of aliphatic carboxylic acids is 1. The van der Waals surface area contributed by atoms with Gasteiger partial charge in [-0.1, -0.05) is 18.2 Å². The summed E-state index contributed by atoms with van der Waals surface area (Å²) in [6, 6.07) is 5.73. The standard InChI is InChI=1S/C14H19NO4S/c1-4-9-15(11(2)3)20(18,19)13-7-5-12(6-8-13)10-14(16)17/h4-8,11H,1,9-10H2,2-3H3,(H,16,17). The molecule has 0 aliphatic carbocycles. The van der Waals surface area contributed by atoms with Gasteiger partial charge in [-0.3, -0.25) is 4.79 Å². The number of rotatable bonds is 7. The van der Waals surface area contributed by atoms with Crippen molar-refractivity contribution in [2.75, 3.05) is 6.54 Å². The lowest BCUT2D eigenvalue weighted by molar-refractivity contribution is -0.136. The van der Waals surface area contributed by atoms with Gasteiger partial charge in [0.1, 0.15) is 0 Å². The molecule has 1 rings (SSSR count). The van der Waals surface area contributed by atoms with Gasteiger partial charge in [0.2, 0.25) is 10.0 Å². The maximum Gasteiger partial charge on any atom is 0.307 e. The largest absolute Gasteiger partial charge is 0.481 e. The monoisotopic (exact) mass is 297 g/mol. The minimum absolute atomic E-state index is 0.124. The summed E-state index contributed by atoms with van der Waals surface area (Å²) in [4.78, 5) is 10.8. The van der Waals surface area contributed by atoms with Crippen LogP contribution in [-0.2, 0) is 21.2 Å². The highest BCUT2D eigenvalue weighted by Crippen LogP contribution is 2.19. The van der Waals surface area contributed by atoms with Crippen molar-refractivity contribution in [3.63, 3.8) is 0 Å². The molecule has 0 radical (unpaired) electrons. The van der Waals surface area contributed by atoms with E-state index in [2.05, 4.69) is 6.58 Å². The molecule has 6 heteroatoms. The smallest absolute Gasteiger partial charge is 0.307 e. The molecule has 0 aliphatic rings. The van der Waals surface area contributed by atoms with Gasteiger partial charge >= 0.3 is 5.97 Å². The van der Waals surface area contributed by atoms with Crippen molar-refractivity contribution in [3.05, 3.63) is 42.5 Å². The van der Waals surface area contributed by atoms with Crippen LogP contribution in [0.4, 0.5) is 0 Å². The Kier molecular flexibility index (Phi) is 5.47. The molecule has 1 aromatic rings. The van der Waals surface area contributed by atoms with E-state index in [0.717, 1.165) is 0 Å². The van der Waals surface area contributed by atoms with Crippen molar-refractivity contribution in [3.8, 4) is 0 Å². The number of sulfonamides is 1. The van der Waals surface area contributed by atoms with E-state index in [1.54, 1.807) is 13.8 Å². The molecule has 0 saturated heterocycles. The summed E-state index contributed by atoms with van der Waals surface area (Å²) < 4.78 is 26.3. The summed E-state index contributed by atoms with van der Waals surface area (Å²) in [5.74, 6) is -0.948.